The zero-order valence-corrected chi connectivity index (χ0v) is 39.1. The van der Waals surface area contributed by atoms with Crippen LogP contribution < -0.4 is 10.6 Å². The number of benzene rings is 2. The van der Waals surface area contributed by atoms with Gasteiger partial charge in [0.1, 0.15) is 5.92 Å². The van der Waals surface area contributed by atoms with Gasteiger partial charge in [-0.3, -0.25) is 9.59 Å². The molecule has 2 rings (SSSR count). The van der Waals surface area contributed by atoms with Crippen LogP contribution in [-0.2, 0) is 38.1 Å². The van der Waals surface area contributed by atoms with Crippen molar-refractivity contribution in [2.24, 2.45) is 5.92 Å². The number of carbonyl (C=O) groups excluding carboxylic acids is 6. The first-order valence-corrected chi connectivity index (χ1v) is 23.5. The van der Waals surface area contributed by atoms with Gasteiger partial charge in [-0.05, 0) is 70.0 Å². The summed E-state index contributed by atoms with van der Waals surface area (Å²) >= 11 is 12.6. The summed E-state index contributed by atoms with van der Waals surface area (Å²) < 4.78 is 21.2. The van der Waals surface area contributed by atoms with Crippen LogP contribution in [-0.4, -0.2) is 61.1 Å². The van der Waals surface area contributed by atoms with Crippen molar-refractivity contribution in [1.29, 1.82) is 0 Å². The largest absolute Gasteiger partial charge is 0.463 e. The molecule has 346 valence electrons. The van der Waals surface area contributed by atoms with E-state index in [4.69, 9.17) is 42.1 Å². The third-order valence-electron chi connectivity index (χ3n) is 10.4. The molecule has 2 aromatic rings. The molecule has 14 heteroatoms. The normalized spacial score (nSPS) is 12.4. The Morgan fingerprint density at radius 1 is 0.484 bits per heavy atom. The van der Waals surface area contributed by atoms with Gasteiger partial charge in [0.25, 0.3) is 0 Å². The number of carbonyl (C=O) groups is 6. The summed E-state index contributed by atoms with van der Waals surface area (Å²) in [5.41, 5.74) is 0.0633. The average Bonchev–Trinajstić information content (AvgIpc) is 3.25. The van der Waals surface area contributed by atoms with Gasteiger partial charge in [0.2, 0.25) is 11.8 Å². The van der Waals surface area contributed by atoms with Crippen molar-refractivity contribution in [2.45, 2.75) is 175 Å². The first-order valence-electron chi connectivity index (χ1n) is 22.7. The SMILES string of the molecule is CCCCCCCCCCCCOC(=O)C(C)OC(=O)c1ccc(Cl)c(NC(=O)C(C)C(=O)Nc2cc(C(=O)OC(C)C(=O)OCCCCCCCCCCCC)ccc2Cl)c1. The van der Waals surface area contributed by atoms with Gasteiger partial charge in [-0.25, -0.2) is 19.2 Å². The van der Waals surface area contributed by atoms with Crippen LogP contribution in [0.15, 0.2) is 36.4 Å². The molecule has 2 atom stereocenters. The van der Waals surface area contributed by atoms with E-state index in [-0.39, 0.29) is 45.8 Å². The maximum atomic E-state index is 13.2. The van der Waals surface area contributed by atoms with Gasteiger partial charge in [-0.2, -0.15) is 0 Å². The van der Waals surface area contributed by atoms with Gasteiger partial charge in [-0.15, -0.1) is 0 Å². The van der Waals surface area contributed by atoms with Gasteiger partial charge in [-0.1, -0.05) is 153 Å². The lowest BCUT2D eigenvalue weighted by atomic mass is 10.1. The molecule has 0 spiro atoms. The van der Waals surface area contributed by atoms with Crippen molar-refractivity contribution >= 4 is 70.3 Å². The molecule has 12 nitrogen and oxygen atoms in total. The number of nitrogens with one attached hydrogen (secondary N) is 2. The third kappa shape index (κ3) is 21.8. The minimum Gasteiger partial charge on any atom is -0.463 e. The van der Waals surface area contributed by atoms with Crippen LogP contribution in [0.25, 0.3) is 0 Å². The van der Waals surface area contributed by atoms with Gasteiger partial charge < -0.3 is 29.6 Å². The Labute approximate surface area is 379 Å². The second kappa shape index (κ2) is 31.6. The lowest BCUT2D eigenvalue weighted by Crippen LogP contribution is -2.32. The number of unbranched alkanes of at least 4 members (excludes halogenated alkanes) is 18. The summed E-state index contributed by atoms with van der Waals surface area (Å²) in [4.78, 5) is 77.1. The molecule has 0 heterocycles. The van der Waals surface area contributed by atoms with E-state index in [0.717, 1.165) is 51.4 Å². The number of hydrogen-bond donors (Lipinski definition) is 2. The smallest absolute Gasteiger partial charge is 0.347 e. The van der Waals surface area contributed by atoms with Gasteiger partial charge in [0.15, 0.2) is 12.2 Å². The number of amides is 2. The van der Waals surface area contributed by atoms with Crippen molar-refractivity contribution in [2.75, 3.05) is 23.8 Å². The zero-order chi connectivity index (χ0) is 45.7. The topological polar surface area (TPSA) is 163 Å². The van der Waals surface area contributed by atoms with Crippen LogP contribution >= 0.6 is 23.2 Å². The number of anilines is 2. The second-order valence-electron chi connectivity index (χ2n) is 15.9. The van der Waals surface area contributed by atoms with Crippen LogP contribution in [0.4, 0.5) is 11.4 Å². The minimum absolute atomic E-state index is 0.00305. The summed E-state index contributed by atoms with van der Waals surface area (Å²) in [6, 6.07) is 8.04. The molecule has 0 aliphatic carbocycles. The highest BCUT2D eigenvalue weighted by Crippen LogP contribution is 2.27. The Kier molecular flexibility index (Phi) is 27.5. The Morgan fingerprint density at radius 3 is 1.11 bits per heavy atom. The first kappa shape index (κ1) is 54.0. The molecule has 0 aliphatic rings. The zero-order valence-electron chi connectivity index (χ0n) is 37.6. The van der Waals surface area contributed by atoms with Crippen molar-refractivity contribution in [3.05, 3.63) is 57.6 Å². The second-order valence-corrected chi connectivity index (χ2v) is 16.7. The molecular formula is C48H70Cl2N2O10. The standard InChI is InChI=1S/C48H70Cl2N2O10/c1-6-8-10-12-14-16-18-20-22-24-30-59-45(55)35(4)61-47(57)37-26-28-39(49)41(32-37)51-43(53)34(3)44(54)52-42-33-38(27-29-40(42)50)48(58)62-36(5)46(56)60-31-25-23-21-19-17-15-13-11-9-7-2/h26-29,32-36H,6-25,30-31H2,1-5H3,(H,51,53)(H,52,54). The quantitative estimate of drug-likeness (QED) is 0.0312. The van der Waals surface area contributed by atoms with Crippen LogP contribution in [0.1, 0.15) is 184 Å². The van der Waals surface area contributed by atoms with E-state index in [0.29, 0.717) is 0 Å². The first-order chi connectivity index (χ1) is 29.8. The lowest BCUT2D eigenvalue weighted by molar-refractivity contribution is -0.153. The molecule has 0 bridgehead atoms. The van der Waals surface area contributed by atoms with E-state index >= 15 is 0 Å². The summed E-state index contributed by atoms with van der Waals surface area (Å²) in [6.07, 6.45) is 20.7. The van der Waals surface area contributed by atoms with Crippen molar-refractivity contribution < 1.29 is 47.7 Å². The Balaban J connectivity index is 1.81. The maximum Gasteiger partial charge on any atom is 0.347 e. The summed E-state index contributed by atoms with van der Waals surface area (Å²) in [5, 5.41) is 5.25. The summed E-state index contributed by atoms with van der Waals surface area (Å²) in [7, 11) is 0. The number of hydrogen-bond acceptors (Lipinski definition) is 10. The van der Waals surface area contributed by atoms with Crippen LogP contribution in [0.3, 0.4) is 0 Å². The molecule has 0 saturated carbocycles. The van der Waals surface area contributed by atoms with Gasteiger partial charge >= 0.3 is 23.9 Å². The van der Waals surface area contributed by atoms with Crippen LogP contribution in [0, 0.1) is 5.92 Å². The van der Waals surface area contributed by atoms with Crippen molar-refractivity contribution in [3.8, 4) is 0 Å². The fourth-order valence-electron chi connectivity index (χ4n) is 6.41. The molecule has 2 unspecified atom stereocenters. The number of esters is 4. The van der Waals surface area contributed by atoms with Crippen LogP contribution in [0.5, 0.6) is 0 Å². The molecule has 2 aromatic carbocycles. The third-order valence-corrected chi connectivity index (χ3v) is 11.1. The highest BCUT2D eigenvalue weighted by atomic mass is 35.5. The predicted molar refractivity (Wildman–Crippen MR) is 245 cm³/mol. The van der Waals surface area contributed by atoms with E-state index in [2.05, 4.69) is 24.5 Å². The fraction of sp³-hybridized carbons (Fsp3) is 0.625. The van der Waals surface area contributed by atoms with Gasteiger partial charge in [0, 0.05) is 0 Å². The Hall–Kier alpha value is -4.16. The predicted octanol–water partition coefficient (Wildman–Crippen LogP) is 12.2. The Bertz CT molecular complexity index is 1580. The summed E-state index contributed by atoms with van der Waals surface area (Å²) in [5.74, 6) is -5.84. The lowest BCUT2D eigenvalue weighted by Gasteiger charge is -2.16. The summed E-state index contributed by atoms with van der Waals surface area (Å²) in [6.45, 7) is 9.07. The number of ether oxygens (including phenoxy) is 4. The molecule has 2 N–H and O–H groups in total. The maximum absolute atomic E-state index is 13.2. The van der Waals surface area contributed by atoms with E-state index in [1.165, 1.54) is 134 Å². The van der Waals surface area contributed by atoms with E-state index in [9.17, 15) is 28.8 Å². The van der Waals surface area contributed by atoms with E-state index in [1.54, 1.807) is 0 Å². The molecule has 0 aliphatic heterocycles. The van der Waals surface area contributed by atoms with Gasteiger partial charge in [0.05, 0.1) is 45.8 Å². The van der Waals surface area contributed by atoms with Crippen molar-refractivity contribution in [1.82, 2.24) is 0 Å². The highest BCUT2D eigenvalue weighted by molar-refractivity contribution is 6.34. The molecule has 0 saturated heterocycles. The molecular weight excluding hydrogens is 835 g/mol. The Morgan fingerprint density at radius 2 is 0.790 bits per heavy atom. The van der Waals surface area contributed by atoms with E-state index < -0.39 is 53.8 Å². The number of rotatable bonds is 32. The minimum atomic E-state index is -1.30. The molecule has 62 heavy (non-hydrogen) atoms. The highest BCUT2D eigenvalue weighted by Gasteiger charge is 2.26. The molecule has 2 amide bonds. The monoisotopic (exact) mass is 904 g/mol. The molecule has 0 aromatic heterocycles. The van der Waals surface area contributed by atoms with Crippen LogP contribution in [0.2, 0.25) is 10.0 Å². The fourth-order valence-corrected chi connectivity index (χ4v) is 6.74. The van der Waals surface area contributed by atoms with E-state index in [1.807, 2.05) is 0 Å². The molecule has 0 radical (unpaired) electrons. The number of halogens is 2. The van der Waals surface area contributed by atoms with Crippen molar-refractivity contribution in [3.63, 3.8) is 0 Å². The molecule has 0 fully saturated rings. The average molecular weight is 906 g/mol.